The van der Waals surface area contributed by atoms with Crippen molar-refractivity contribution in [2.45, 2.75) is 31.2 Å². The number of rotatable bonds is 6. The van der Waals surface area contributed by atoms with Crippen molar-refractivity contribution in [3.8, 4) is 5.75 Å². The Balaban J connectivity index is 1.65. The molecule has 29 heavy (non-hydrogen) atoms. The Morgan fingerprint density at radius 1 is 1.14 bits per heavy atom. The van der Waals surface area contributed by atoms with Crippen LogP contribution in [0.5, 0.6) is 5.75 Å². The molecule has 3 rings (SSSR count). The maximum Gasteiger partial charge on any atom is 0.344 e. The van der Waals surface area contributed by atoms with Crippen LogP contribution in [0.3, 0.4) is 0 Å². The lowest BCUT2D eigenvalue weighted by Crippen LogP contribution is -2.48. The Bertz CT molecular complexity index is 961. The SMILES string of the molecule is COc1ccc(C2(C)NC(=O)N(NC(=O)CSc3ccc(C)c(C)c3)C2=O)cc1. The zero-order valence-corrected chi connectivity index (χ0v) is 17.6. The van der Waals surface area contributed by atoms with E-state index in [-0.39, 0.29) is 5.75 Å². The van der Waals surface area contributed by atoms with Gasteiger partial charge in [-0.3, -0.25) is 15.0 Å². The molecule has 152 valence electrons. The fraction of sp³-hybridized carbons (Fsp3) is 0.286. The largest absolute Gasteiger partial charge is 0.497 e. The van der Waals surface area contributed by atoms with E-state index >= 15 is 0 Å². The fourth-order valence-electron chi connectivity index (χ4n) is 2.97. The molecule has 0 saturated carbocycles. The molecule has 0 spiro atoms. The highest BCUT2D eigenvalue weighted by molar-refractivity contribution is 8.00. The molecule has 8 heteroatoms. The van der Waals surface area contributed by atoms with Crippen LogP contribution in [-0.2, 0) is 15.1 Å². The highest BCUT2D eigenvalue weighted by atomic mass is 32.2. The number of urea groups is 1. The van der Waals surface area contributed by atoms with Crippen LogP contribution in [0, 0.1) is 13.8 Å². The van der Waals surface area contributed by atoms with E-state index in [0.29, 0.717) is 11.3 Å². The third-order valence-electron chi connectivity index (χ3n) is 4.94. The standard InChI is InChI=1S/C21H23N3O4S/c1-13-5-10-17(11-14(13)2)29-12-18(25)23-24-19(26)21(3,22-20(24)27)15-6-8-16(28-4)9-7-15/h5-11H,12H2,1-4H3,(H,22,27)(H,23,25). The van der Waals surface area contributed by atoms with Gasteiger partial charge in [-0.15, -0.1) is 11.8 Å². The van der Waals surface area contributed by atoms with Crippen molar-refractivity contribution in [2.75, 3.05) is 12.9 Å². The summed E-state index contributed by atoms with van der Waals surface area (Å²) in [7, 11) is 1.55. The van der Waals surface area contributed by atoms with Gasteiger partial charge in [-0.25, -0.2) is 4.79 Å². The van der Waals surface area contributed by atoms with Crippen LogP contribution in [0.15, 0.2) is 47.4 Å². The first kappa shape index (κ1) is 20.7. The van der Waals surface area contributed by atoms with Gasteiger partial charge in [0.1, 0.15) is 11.3 Å². The normalized spacial score (nSPS) is 18.6. The number of carbonyl (C=O) groups is 3. The van der Waals surface area contributed by atoms with Crippen molar-refractivity contribution < 1.29 is 19.1 Å². The summed E-state index contributed by atoms with van der Waals surface area (Å²) in [5.41, 5.74) is 4.05. The number of methoxy groups -OCH3 is 1. The summed E-state index contributed by atoms with van der Waals surface area (Å²) in [5.74, 6) is -0.255. The van der Waals surface area contributed by atoms with Crippen LogP contribution in [0.2, 0.25) is 0 Å². The minimum absolute atomic E-state index is 0.0822. The maximum absolute atomic E-state index is 12.9. The number of thioether (sulfide) groups is 1. The Kier molecular flexibility index (Phi) is 5.83. The molecule has 0 radical (unpaired) electrons. The van der Waals surface area contributed by atoms with Crippen molar-refractivity contribution in [1.29, 1.82) is 0 Å². The molecule has 1 saturated heterocycles. The predicted octanol–water partition coefficient (Wildman–Crippen LogP) is 2.90. The van der Waals surface area contributed by atoms with Crippen molar-refractivity contribution in [3.63, 3.8) is 0 Å². The number of hydrogen-bond donors (Lipinski definition) is 2. The molecule has 0 aromatic heterocycles. The first-order chi connectivity index (χ1) is 13.7. The van der Waals surface area contributed by atoms with Gasteiger partial charge in [-0.2, -0.15) is 5.01 Å². The van der Waals surface area contributed by atoms with Crippen LogP contribution in [0.25, 0.3) is 0 Å². The number of amides is 4. The second kappa shape index (κ2) is 8.16. The van der Waals surface area contributed by atoms with E-state index in [1.807, 2.05) is 32.0 Å². The molecule has 1 aliphatic heterocycles. The molecule has 1 heterocycles. The number of carbonyl (C=O) groups excluding carboxylic acids is 3. The van der Waals surface area contributed by atoms with Gasteiger partial charge >= 0.3 is 6.03 Å². The molecule has 1 aliphatic rings. The summed E-state index contributed by atoms with van der Waals surface area (Å²) in [4.78, 5) is 38.5. The monoisotopic (exact) mass is 413 g/mol. The molecule has 1 atom stereocenters. The van der Waals surface area contributed by atoms with Crippen LogP contribution < -0.4 is 15.5 Å². The summed E-state index contributed by atoms with van der Waals surface area (Å²) < 4.78 is 5.12. The molecular weight excluding hydrogens is 390 g/mol. The van der Waals surface area contributed by atoms with Gasteiger partial charge in [0.2, 0.25) is 5.91 Å². The van der Waals surface area contributed by atoms with Gasteiger partial charge in [0.05, 0.1) is 12.9 Å². The Hall–Kier alpha value is -3.00. The molecule has 4 amide bonds. The van der Waals surface area contributed by atoms with E-state index in [4.69, 9.17) is 4.74 Å². The Morgan fingerprint density at radius 2 is 1.83 bits per heavy atom. The van der Waals surface area contributed by atoms with Crippen LogP contribution in [0.1, 0.15) is 23.6 Å². The van der Waals surface area contributed by atoms with Crippen LogP contribution >= 0.6 is 11.8 Å². The van der Waals surface area contributed by atoms with Gasteiger partial charge < -0.3 is 10.1 Å². The number of imide groups is 1. The third kappa shape index (κ3) is 4.22. The van der Waals surface area contributed by atoms with Crippen LogP contribution in [-0.4, -0.2) is 35.7 Å². The maximum atomic E-state index is 12.9. The van der Waals surface area contributed by atoms with Crippen molar-refractivity contribution >= 4 is 29.6 Å². The molecule has 1 unspecified atom stereocenters. The number of hydrazine groups is 1. The number of ether oxygens (including phenoxy) is 1. The second-order valence-corrected chi connectivity index (χ2v) is 8.04. The first-order valence-electron chi connectivity index (χ1n) is 9.05. The number of aryl methyl sites for hydroxylation is 2. The molecule has 1 fully saturated rings. The predicted molar refractivity (Wildman–Crippen MR) is 111 cm³/mol. The average Bonchev–Trinajstić information content (AvgIpc) is 2.93. The van der Waals surface area contributed by atoms with E-state index in [2.05, 4.69) is 10.7 Å². The van der Waals surface area contributed by atoms with E-state index in [1.54, 1.807) is 38.3 Å². The van der Waals surface area contributed by atoms with Gasteiger partial charge in [-0.1, -0.05) is 18.2 Å². The molecule has 7 nitrogen and oxygen atoms in total. The zero-order chi connectivity index (χ0) is 21.2. The van der Waals surface area contributed by atoms with Gasteiger partial charge in [0.25, 0.3) is 5.91 Å². The lowest BCUT2D eigenvalue weighted by Gasteiger charge is -2.22. The number of benzene rings is 2. The fourth-order valence-corrected chi connectivity index (χ4v) is 3.76. The first-order valence-corrected chi connectivity index (χ1v) is 10.0. The number of nitrogens with zero attached hydrogens (tertiary/aromatic N) is 1. The lowest BCUT2D eigenvalue weighted by atomic mass is 9.92. The quantitative estimate of drug-likeness (QED) is 0.562. The molecule has 0 aliphatic carbocycles. The number of nitrogens with one attached hydrogen (secondary N) is 2. The van der Waals surface area contributed by atoms with Gasteiger partial charge in [-0.05, 0) is 61.7 Å². The van der Waals surface area contributed by atoms with Crippen molar-refractivity contribution in [2.24, 2.45) is 0 Å². The molecule has 2 N–H and O–H groups in total. The second-order valence-electron chi connectivity index (χ2n) is 6.99. The summed E-state index contributed by atoms with van der Waals surface area (Å²) in [6, 6.07) is 12.1. The van der Waals surface area contributed by atoms with E-state index in [0.717, 1.165) is 15.5 Å². The number of hydrogen-bond acceptors (Lipinski definition) is 5. The topological polar surface area (TPSA) is 87.7 Å². The summed E-state index contributed by atoms with van der Waals surface area (Å²) in [6.07, 6.45) is 0. The summed E-state index contributed by atoms with van der Waals surface area (Å²) in [5, 5.41) is 3.40. The highest BCUT2D eigenvalue weighted by Crippen LogP contribution is 2.29. The summed E-state index contributed by atoms with van der Waals surface area (Å²) >= 11 is 1.34. The zero-order valence-electron chi connectivity index (χ0n) is 16.7. The lowest BCUT2D eigenvalue weighted by molar-refractivity contribution is -0.138. The van der Waals surface area contributed by atoms with E-state index in [9.17, 15) is 14.4 Å². The Labute approximate surface area is 173 Å². The molecule has 2 aromatic rings. The van der Waals surface area contributed by atoms with E-state index < -0.39 is 23.4 Å². The average molecular weight is 413 g/mol. The van der Waals surface area contributed by atoms with Crippen molar-refractivity contribution in [3.05, 3.63) is 59.2 Å². The van der Waals surface area contributed by atoms with Crippen LogP contribution in [0.4, 0.5) is 4.79 Å². The van der Waals surface area contributed by atoms with Gasteiger partial charge in [0.15, 0.2) is 0 Å². The minimum Gasteiger partial charge on any atom is -0.497 e. The summed E-state index contributed by atoms with van der Waals surface area (Å²) in [6.45, 7) is 5.63. The minimum atomic E-state index is -1.27. The molecule has 0 bridgehead atoms. The smallest absolute Gasteiger partial charge is 0.344 e. The molecule has 2 aromatic carbocycles. The molecular formula is C21H23N3O4S. The highest BCUT2D eigenvalue weighted by Gasteiger charge is 2.50. The third-order valence-corrected chi connectivity index (χ3v) is 5.94. The van der Waals surface area contributed by atoms with E-state index in [1.165, 1.54) is 17.3 Å². The Morgan fingerprint density at radius 3 is 2.45 bits per heavy atom. The van der Waals surface area contributed by atoms with Gasteiger partial charge in [0, 0.05) is 4.90 Å². The van der Waals surface area contributed by atoms with Crippen molar-refractivity contribution in [1.82, 2.24) is 15.8 Å².